The number of methoxy groups -OCH3 is 2. The molecule has 0 N–H and O–H groups in total. The van der Waals surface area contributed by atoms with Crippen molar-refractivity contribution in [3.8, 4) is 0 Å². The first-order valence-electron chi connectivity index (χ1n) is 7.25. The smallest absolute Gasteiger partial charge is 0.222 e. The van der Waals surface area contributed by atoms with Crippen molar-refractivity contribution in [3.05, 3.63) is 70.8 Å². The molecule has 2 nitrogen and oxygen atoms in total. The second-order valence-corrected chi connectivity index (χ2v) is 9.52. The van der Waals surface area contributed by atoms with E-state index >= 15 is 0 Å². The van der Waals surface area contributed by atoms with Gasteiger partial charge in [-0.25, -0.2) is 0 Å². The fraction of sp³-hybridized carbons (Fsp3) is 0.333. The van der Waals surface area contributed by atoms with E-state index in [2.05, 4.69) is 68.3 Å². The minimum absolute atomic E-state index is 0.0974. The van der Waals surface area contributed by atoms with Crippen molar-refractivity contribution in [3.63, 3.8) is 0 Å². The van der Waals surface area contributed by atoms with Gasteiger partial charge < -0.3 is 9.47 Å². The molecule has 0 radical (unpaired) electrons. The van der Waals surface area contributed by atoms with Gasteiger partial charge in [0.15, 0.2) is 0 Å². The predicted octanol–water partition coefficient (Wildman–Crippen LogP) is 4.86. The van der Waals surface area contributed by atoms with Crippen LogP contribution in [0.25, 0.3) is 0 Å². The fourth-order valence-electron chi connectivity index (χ4n) is 3.90. The minimum atomic E-state index is -0.851. The van der Waals surface area contributed by atoms with E-state index in [0.29, 0.717) is 11.8 Å². The van der Waals surface area contributed by atoms with Crippen molar-refractivity contribution in [1.82, 2.24) is 0 Å². The maximum atomic E-state index is 5.95. The van der Waals surface area contributed by atoms with Gasteiger partial charge in [-0.05, 0) is 11.1 Å². The molecule has 4 rings (SSSR count). The average Bonchev–Trinajstić information content (AvgIpc) is 3.15. The SMILES string of the molecule is COC1(OC)c2ccccc2C2C(c3ccccc31)C2(Br)Br. The lowest BCUT2D eigenvalue weighted by molar-refractivity contribution is -0.184. The third-order valence-corrected chi connectivity index (χ3v) is 6.90. The van der Waals surface area contributed by atoms with Gasteiger partial charge in [0.1, 0.15) is 0 Å². The van der Waals surface area contributed by atoms with Gasteiger partial charge in [-0.15, -0.1) is 0 Å². The highest BCUT2D eigenvalue weighted by Gasteiger charge is 2.67. The quantitative estimate of drug-likeness (QED) is 0.507. The molecule has 0 saturated heterocycles. The van der Waals surface area contributed by atoms with Gasteiger partial charge in [-0.2, -0.15) is 0 Å². The van der Waals surface area contributed by atoms with Gasteiger partial charge in [0.05, 0.1) is 3.23 Å². The Morgan fingerprint density at radius 1 is 0.773 bits per heavy atom. The number of hydrogen-bond acceptors (Lipinski definition) is 2. The first kappa shape index (κ1) is 14.9. The van der Waals surface area contributed by atoms with Gasteiger partial charge in [0, 0.05) is 37.2 Å². The van der Waals surface area contributed by atoms with E-state index in [-0.39, 0.29) is 3.23 Å². The highest BCUT2D eigenvalue weighted by atomic mass is 79.9. The molecule has 0 spiro atoms. The zero-order valence-corrected chi connectivity index (χ0v) is 15.5. The summed E-state index contributed by atoms with van der Waals surface area (Å²) in [5.74, 6) is -0.134. The standard InChI is InChI=1S/C18H16Br2O2/c1-21-18(22-2)13-9-5-3-7-11(13)15-16(17(15,19)20)12-8-4-6-10-14(12)18/h3-10,15-16H,1-2H3. The molecule has 0 heterocycles. The minimum Gasteiger partial charge on any atom is -0.346 e. The highest BCUT2D eigenvalue weighted by molar-refractivity contribution is 9.25. The molecule has 1 saturated carbocycles. The molecule has 2 aliphatic rings. The zero-order valence-electron chi connectivity index (χ0n) is 12.3. The summed E-state index contributed by atoms with van der Waals surface area (Å²) in [6, 6.07) is 16.8. The molecule has 2 unspecified atom stereocenters. The number of ether oxygens (including phenoxy) is 2. The van der Waals surface area contributed by atoms with E-state index in [4.69, 9.17) is 9.47 Å². The van der Waals surface area contributed by atoms with E-state index in [1.54, 1.807) is 14.2 Å². The largest absolute Gasteiger partial charge is 0.346 e. The van der Waals surface area contributed by atoms with E-state index in [0.717, 1.165) is 11.1 Å². The third kappa shape index (κ3) is 1.72. The maximum Gasteiger partial charge on any atom is 0.222 e. The number of rotatable bonds is 2. The summed E-state index contributed by atoms with van der Waals surface area (Å²) >= 11 is 7.74. The van der Waals surface area contributed by atoms with Gasteiger partial charge in [-0.3, -0.25) is 0 Å². The molecule has 2 aliphatic carbocycles. The van der Waals surface area contributed by atoms with Crippen molar-refractivity contribution in [2.45, 2.75) is 20.9 Å². The molecule has 0 amide bonds. The van der Waals surface area contributed by atoms with Crippen LogP contribution < -0.4 is 0 Å². The van der Waals surface area contributed by atoms with Crippen LogP contribution in [0.2, 0.25) is 0 Å². The van der Waals surface area contributed by atoms with Crippen molar-refractivity contribution >= 4 is 31.9 Å². The Hall–Kier alpha value is -0.680. The lowest BCUT2D eigenvalue weighted by Gasteiger charge is -2.34. The van der Waals surface area contributed by atoms with E-state index in [1.165, 1.54) is 11.1 Å². The zero-order chi connectivity index (χ0) is 15.5. The number of hydrogen-bond donors (Lipinski definition) is 0. The van der Waals surface area contributed by atoms with Crippen LogP contribution in [0, 0.1) is 0 Å². The number of alkyl halides is 2. The molecule has 0 aliphatic heterocycles. The number of benzene rings is 2. The van der Waals surface area contributed by atoms with Crippen LogP contribution in [-0.4, -0.2) is 17.5 Å². The second-order valence-electron chi connectivity index (χ2n) is 5.83. The van der Waals surface area contributed by atoms with E-state index in [1.807, 2.05) is 12.1 Å². The molecule has 2 aromatic carbocycles. The molecule has 114 valence electrons. The third-order valence-electron chi connectivity index (χ3n) is 4.93. The molecule has 0 aromatic heterocycles. The highest BCUT2D eigenvalue weighted by Crippen LogP contribution is 2.75. The molecule has 22 heavy (non-hydrogen) atoms. The Morgan fingerprint density at radius 3 is 1.59 bits per heavy atom. The Morgan fingerprint density at radius 2 is 1.18 bits per heavy atom. The Labute approximate surface area is 147 Å². The van der Waals surface area contributed by atoms with E-state index in [9.17, 15) is 0 Å². The van der Waals surface area contributed by atoms with Gasteiger partial charge in [0.2, 0.25) is 5.79 Å². The molecular weight excluding hydrogens is 408 g/mol. The summed E-state index contributed by atoms with van der Waals surface area (Å²) in [5.41, 5.74) is 4.70. The van der Waals surface area contributed by atoms with Crippen LogP contribution in [-0.2, 0) is 15.3 Å². The number of fused-ring (bicyclic) bond motifs is 5. The van der Waals surface area contributed by atoms with Crippen molar-refractivity contribution in [2.75, 3.05) is 14.2 Å². The van der Waals surface area contributed by atoms with Crippen molar-refractivity contribution in [2.24, 2.45) is 0 Å². The maximum absolute atomic E-state index is 5.95. The van der Waals surface area contributed by atoms with Crippen molar-refractivity contribution in [1.29, 1.82) is 0 Å². The summed E-state index contributed by atoms with van der Waals surface area (Å²) in [7, 11) is 3.42. The topological polar surface area (TPSA) is 18.5 Å². The first-order valence-corrected chi connectivity index (χ1v) is 8.83. The summed E-state index contributed by atoms with van der Waals surface area (Å²) < 4.78 is 11.8. The predicted molar refractivity (Wildman–Crippen MR) is 93.7 cm³/mol. The Kier molecular flexibility index (Phi) is 3.32. The monoisotopic (exact) mass is 422 g/mol. The fourth-order valence-corrected chi connectivity index (χ4v) is 5.68. The van der Waals surface area contributed by atoms with Gasteiger partial charge >= 0.3 is 0 Å². The first-order chi connectivity index (χ1) is 10.6. The summed E-state index contributed by atoms with van der Waals surface area (Å²) in [6.07, 6.45) is 0. The molecular formula is C18H16Br2O2. The van der Waals surface area contributed by atoms with Crippen LogP contribution >= 0.6 is 31.9 Å². The van der Waals surface area contributed by atoms with Gasteiger partial charge in [-0.1, -0.05) is 80.4 Å². The normalized spacial score (nSPS) is 26.4. The van der Waals surface area contributed by atoms with Crippen LogP contribution in [0.3, 0.4) is 0 Å². The lowest BCUT2D eigenvalue weighted by Crippen LogP contribution is -2.34. The summed E-state index contributed by atoms with van der Waals surface area (Å²) in [6.45, 7) is 0. The van der Waals surface area contributed by atoms with Crippen LogP contribution in [0.1, 0.15) is 34.1 Å². The average molecular weight is 424 g/mol. The van der Waals surface area contributed by atoms with Crippen LogP contribution in [0.15, 0.2) is 48.5 Å². The lowest BCUT2D eigenvalue weighted by atomic mass is 9.91. The van der Waals surface area contributed by atoms with Gasteiger partial charge in [0.25, 0.3) is 0 Å². The van der Waals surface area contributed by atoms with Crippen LogP contribution in [0.5, 0.6) is 0 Å². The Bertz CT molecular complexity index is 680. The van der Waals surface area contributed by atoms with E-state index < -0.39 is 5.79 Å². The van der Waals surface area contributed by atoms with Crippen molar-refractivity contribution < 1.29 is 9.47 Å². The molecule has 1 fully saturated rings. The summed E-state index contributed by atoms with van der Waals surface area (Å²) in [4.78, 5) is 0. The van der Waals surface area contributed by atoms with Crippen LogP contribution in [0.4, 0.5) is 0 Å². The molecule has 2 aromatic rings. The Balaban J connectivity index is 2.09. The molecule has 2 atom stereocenters. The number of halogens is 2. The molecule has 0 bridgehead atoms. The molecule has 4 heteroatoms. The second kappa shape index (κ2) is 4.91. The summed E-state index contributed by atoms with van der Waals surface area (Å²) in [5, 5.41) is 0.